The van der Waals surface area contributed by atoms with Crippen LogP contribution in [0.3, 0.4) is 0 Å². The zero-order valence-electron chi connectivity index (χ0n) is 28.8. The Bertz CT molecular complexity index is 1570. The van der Waals surface area contributed by atoms with Gasteiger partial charge in [0.2, 0.25) is 41.4 Å². The lowest BCUT2D eigenvalue weighted by molar-refractivity contribution is -0.142. The van der Waals surface area contributed by atoms with Crippen molar-refractivity contribution in [1.82, 2.24) is 31.9 Å². The standard InChI is InChI=1S/C31H42IN7O14/c1-13(2)26(39-29(51)17(5-7-23(43)44)37-30(52)20(11-25(47)48)35-14(3)40)31(53)38-19(10-24(45)46)28(50)34-12-22(42)36-18(27(33)49)9-15-4-6-21(41)16(32)8-15/h4,6,8,13,17-20,26,41H,5,7,9-12H2,1-3H3,(H2,33,49)(H,34,50)(H,35,40)(H,36,42)(H,37,52)(H,38,53)(H,39,51)(H,43,44)(H,45,46)(H,47,48)/t17-,18-,19-,20-,26-/m0/s1. The monoisotopic (exact) mass is 863 g/mol. The number of rotatable bonds is 22. The number of aromatic hydroxyl groups is 1. The van der Waals surface area contributed by atoms with E-state index in [1.165, 1.54) is 26.0 Å². The van der Waals surface area contributed by atoms with E-state index in [9.17, 15) is 58.2 Å². The number of phenols is 1. The molecule has 53 heavy (non-hydrogen) atoms. The highest BCUT2D eigenvalue weighted by Gasteiger charge is 2.34. The van der Waals surface area contributed by atoms with Gasteiger partial charge in [0.05, 0.1) is 23.0 Å². The van der Waals surface area contributed by atoms with E-state index in [-0.39, 0.29) is 12.2 Å². The zero-order chi connectivity index (χ0) is 40.6. The number of phenolic OH excluding ortho intramolecular Hbond substituents is 1. The van der Waals surface area contributed by atoms with Crippen LogP contribution in [0.1, 0.15) is 52.0 Å². The van der Waals surface area contributed by atoms with E-state index < -0.39 is 128 Å². The van der Waals surface area contributed by atoms with E-state index in [0.717, 1.165) is 6.92 Å². The highest BCUT2D eigenvalue weighted by atomic mass is 127. The van der Waals surface area contributed by atoms with Gasteiger partial charge in [-0.2, -0.15) is 0 Å². The smallest absolute Gasteiger partial charge is 0.305 e. The van der Waals surface area contributed by atoms with Gasteiger partial charge < -0.3 is 58.1 Å². The van der Waals surface area contributed by atoms with E-state index in [4.69, 9.17) is 15.9 Å². The molecule has 0 saturated heterocycles. The molecule has 7 amide bonds. The molecule has 1 rings (SSSR count). The Hall–Kier alpha value is -5.55. The van der Waals surface area contributed by atoms with Gasteiger partial charge in [-0.15, -0.1) is 0 Å². The number of carbonyl (C=O) groups is 10. The second-order valence-electron chi connectivity index (χ2n) is 12.0. The van der Waals surface area contributed by atoms with Crippen molar-refractivity contribution in [2.75, 3.05) is 6.54 Å². The van der Waals surface area contributed by atoms with Crippen molar-refractivity contribution in [3.63, 3.8) is 0 Å². The number of benzene rings is 1. The zero-order valence-corrected chi connectivity index (χ0v) is 30.9. The fourth-order valence-electron chi connectivity index (χ4n) is 4.54. The molecule has 0 bridgehead atoms. The van der Waals surface area contributed by atoms with Gasteiger partial charge in [-0.05, 0) is 52.6 Å². The number of aliphatic carboxylic acids is 3. The first-order chi connectivity index (χ1) is 24.6. The first-order valence-corrected chi connectivity index (χ1v) is 16.9. The van der Waals surface area contributed by atoms with Gasteiger partial charge in [-0.1, -0.05) is 19.9 Å². The van der Waals surface area contributed by atoms with Crippen LogP contribution >= 0.6 is 22.6 Å². The summed E-state index contributed by atoms with van der Waals surface area (Å²) in [5, 5.41) is 50.6. The van der Waals surface area contributed by atoms with Crippen LogP contribution in [-0.2, 0) is 54.4 Å². The first-order valence-electron chi connectivity index (χ1n) is 15.8. The molecule has 0 fully saturated rings. The van der Waals surface area contributed by atoms with Crippen molar-refractivity contribution in [2.24, 2.45) is 11.7 Å². The molecule has 0 spiro atoms. The van der Waals surface area contributed by atoms with Crippen molar-refractivity contribution in [3.8, 4) is 5.75 Å². The van der Waals surface area contributed by atoms with Crippen molar-refractivity contribution in [3.05, 3.63) is 27.3 Å². The number of nitrogens with two attached hydrogens (primary N) is 1. The number of hydrogen-bond acceptors (Lipinski definition) is 11. The molecule has 0 aliphatic rings. The first kappa shape index (κ1) is 45.5. The molecule has 5 atom stereocenters. The molecule has 21 nitrogen and oxygen atoms in total. The summed E-state index contributed by atoms with van der Waals surface area (Å²) in [6.07, 6.45) is -3.12. The summed E-state index contributed by atoms with van der Waals surface area (Å²) in [7, 11) is 0. The SMILES string of the molecule is CC(=O)N[C@@H](CC(=O)O)C(=O)N[C@@H](CCC(=O)O)C(=O)N[C@H](C(=O)N[C@@H](CC(=O)O)C(=O)NCC(=O)N[C@@H](Cc1ccc(O)c(I)c1)C(N)=O)C(C)C. The molecule has 0 unspecified atom stereocenters. The molecule has 0 heterocycles. The van der Waals surface area contributed by atoms with Gasteiger partial charge in [0, 0.05) is 19.8 Å². The van der Waals surface area contributed by atoms with Crippen LogP contribution in [0, 0.1) is 9.49 Å². The molecular weight excluding hydrogens is 821 g/mol. The van der Waals surface area contributed by atoms with Gasteiger partial charge in [-0.25, -0.2) is 0 Å². The van der Waals surface area contributed by atoms with E-state index in [0.29, 0.717) is 9.13 Å². The van der Waals surface area contributed by atoms with Crippen molar-refractivity contribution < 1.29 is 68.4 Å². The Morgan fingerprint density at radius 1 is 0.717 bits per heavy atom. The van der Waals surface area contributed by atoms with Gasteiger partial charge in [0.1, 0.15) is 36.0 Å². The number of hydrogen-bond donors (Lipinski definition) is 11. The van der Waals surface area contributed by atoms with Crippen LogP contribution in [0.4, 0.5) is 0 Å². The van der Waals surface area contributed by atoms with Crippen LogP contribution in [0.2, 0.25) is 0 Å². The summed E-state index contributed by atoms with van der Waals surface area (Å²) in [6, 6.07) is -3.39. The molecule has 12 N–H and O–H groups in total. The third-order valence-corrected chi connectivity index (χ3v) is 8.03. The second-order valence-corrected chi connectivity index (χ2v) is 13.1. The minimum Gasteiger partial charge on any atom is -0.507 e. The van der Waals surface area contributed by atoms with Crippen molar-refractivity contribution in [2.45, 2.75) is 83.1 Å². The van der Waals surface area contributed by atoms with Crippen LogP contribution in [0.5, 0.6) is 5.75 Å². The maximum Gasteiger partial charge on any atom is 0.305 e. The third kappa shape index (κ3) is 17.0. The predicted molar refractivity (Wildman–Crippen MR) is 188 cm³/mol. The predicted octanol–water partition coefficient (Wildman–Crippen LogP) is -2.95. The van der Waals surface area contributed by atoms with Crippen LogP contribution in [0.25, 0.3) is 0 Å². The third-order valence-electron chi connectivity index (χ3n) is 7.16. The Kier molecular flexibility index (Phi) is 18.6. The van der Waals surface area contributed by atoms with E-state index in [1.54, 1.807) is 6.07 Å². The quantitative estimate of drug-likeness (QED) is 0.0520. The lowest BCUT2D eigenvalue weighted by atomic mass is 10.0. The average molecular weight is 864 g/mol. The van der Waals surface area contributed by atoms with Gasteiger partial charge >= 0.3 is 17.9 Å². The normalized spacial score (nSPS) is 13.5. The summed E-state index contributed by atoms with van der Waals surface area (Å²) in [4.78, 5) is 122. The molecule has 1 aromatic carbocycles. The molecular formula is C31H42IN7O14. The molecule has 0 radical (unpaired) electrons. The van der Waals surface area contributed by atoms with Crippen LogP contribution < -0.4 is 37.6 Å². The van der Waals surface area contributed by atoms with Crippen molar-refractivity contribution in [1.29, 1.82) is 0 Å². The Morgan fingerprint density at radius 3 is 1.75 bits per heavy atom. The number of amides is 7. The Morgan fingerprint density at radius 2 is 1.26 bits per heavy atom. The topological polar surface area (TPSA) is 350 Å². The minimum absolute atomic E-state index is 0.00172. The fraction of sp³-hybridized carbons (Fsp3) is 0.484. The highest BCUT2D eigenvalue weighted by molar-refractivity contribution is 14.1. The van der Waals surface area contributed by atoms with Crippen LogP contribution in [0.15, 0.2) is 18.2 Å². The molecule has 0 aliphatic carbocycles. The molecule has 22 heteroatoms. The summed E-state index contributed by atoms with van der Waals surface area (Å²) < 4.78 is 0.474. The number of carboxylic acids is 3. The van der Waals surface area contributed by atoms with Gasteiger partial charge in [0.15, 0.2) is 0 Å². The number of halogens is 1. The fourth-order valence-corrected chi connectivity index (χ4v) is 5.12. The van der Waals surface area contributed by atoms with E-state index in [1.807, 2.05) is 22.6 Å². The summed E-state index contributed by atoms with van der Waals surface area (Å²) in [5.74, 6) is -12.2. The molecule has 0 aliphatic heterocycles. The summed E-state index contributed by atoms with van der Waals surface area (Å²) in [5.41, 5.74) is 5.94. The number of nitrogens with one attached hydrogen (secondary N) is 6. The molecule has 0 saturated carbocycles. The van der Waals surface area contributed by atoms with Crippen molar-refractivity contribution >= 4 is 81.8 Å². The molecule has 292 valence electrons. The van der Waals surface area contributed by atoms with Gasteiger partial charge in [0.25, 0.3) is 0 Å². The Balaban J connectivity index is 3.08. The largest absolute Gasteiger partial charge is 0.507 e. The second kappa shape index (κ2) is 21.7. The summed E-state index contributed by atoms with van der Waals surface area (Å²) in [6.45, 7) is 3.15. The maximum atomic E-state index is 13.3. The van der Waals surface area contributed by atoms with E-state index >= 15 is 0 Å². The number of carbonyl (C=O) groups excluding carboxylic acids is 7. The lowest BCUT2D eigenvalue weighted by Crippen LogP contribution is -2.60. The number of primary amides is 1. The lowest BCUT2D eigenvalue weighted by Gasteiger charge is -2.27. The Labute approximate surface area is 315 Å². The average Bonchev–Trinajstić information content (AvgIpc) is 3.03. The maximum absolute atomic E-state index is 13.3. The van der Waals surface area contributed by atoms with Crippen LogP contribution in [-0.4, -0.2) is 116 Å². The van der Waals surface area contributed by atoms with E-state index in [2.05, 4.69) is 31.9 Å². The molecule has 1 aromatic rings. The van der Waals surface area contributed by atoms with Gasteiger partial charge in [-0.3, -0.25) is 47.9 Å². The summed E-state index contributed by atoms with van der Waals surface area (Å²) >= 11 is 1.86. The highest BCUT2D eigenvalue weighted by Crippen LogP contribution is 2.21. The number of carboxylic acid groups (broad SMARTS) is 3. The molecule has 0 aromatic heterocycles. The minimum atomic E-state index is -1.80.